The molecule has 41 heavy (non-hydrogen) atoms. The molecule has 3 N–H and O–H groups in total. The highest BCUT2D eigenvalue weighted by Gasteiger charge is 2.71. The van der Waals surface area contributed by atoms with Crippen molar-refractivity contribution in [2.24, 2.45) is 0 Å². The number of hydrogen-bond donors (Lipinski definition) is 3. The van der Waals surface area contributed by atoms with E-state index in [1.54, 1.807) is 39.0 Å². The van der Waals surface area contributed by atoms with E-state index in [9.17, 15) is 46.1 Å². The van der Waals surface area contributed by atoms with Gasteiger partial charge in [0, 0.05) is 21.9 Å². The SMILES string of the molecule is CC(C)(C)OC(=O)N1Cc2cc(SCC3(O)CC3)ccc2C1C(=O)Nc1ccc(C(O)(C(F)(F)F)C(F)(F)F)cc1. The molecule has 0 saturated heterocycles. The minimum atomic E-state index is -6.05. The summed E-state index contributed by atoms with van der Waals surface area (Å²) < 4.78 is 84.7. The normalized spacial score (nSPS) is 18.6. The molecule has 2 aromatic rings. The summed E-state index contributed by atoms with van der Waals surface area (Å²) in [7, 11) is 0. The van der Waals surface area contributed by atoms with E-state index in [-0.39, 0.29) is 12.2 Å². The largest absolute Gasteiger partial charge is 0.444 e. The summed E-state index contributed by atoms with van der Waals surface area (Å²) in [5.41, 5.74) is -7.23. The van der Waals surface area contributed by atoms with Crippen molar-refractivity contribution in [2.75, 3.05) is 11.1 Å². The summed E-state index contributed by atoms with van der Waals surface area (Å²) in [5.74, 6) is -0.295. The number of nitrogens with one attached hydrogen (secondary N) is 1. The Kier molecular flexibility index (Phi) is 7.85. The Morgan fingerprint density at radius 3 is 2.12 bits per heavy atom. The van der Waals surface area contributed by atoms with Crippen molar-refractivity contribution in [3.05, 3.63) is 59.2 Å². The molecular weight excluding hydrogens is 578 g/mol. The summed E-state index contributed by atoms with van der Waals surface area (Å²) in [4.78, 5) is 28.4. The molecule has 1 unspecified atom stereocenters. The predicted molar refractivity (Wildman–Crippen MR) is 137 cm³/mol. The summed E-state index contributed by atoms with van der Waals surface area (Å²) in [6.45, 7) is 4.94. The van der Waals surface area contributed by atoms with Crippen LogP contribution in [0.15, 0.2) is 47.4 Å². The topological polar surface area (TPSA) is 99.1 Å². The van der Waals surface area contributed by atoms with Crippen LogP contribution in [0.2, 0.25) is 0 Å². The van der Waals surface area contributed by atoms with Gasteiger partial charge in [0.15, 0.2) is 0 Å². The van der Waals surface area contributed by atoms with Crippen molar-refractivity contribution in [2.45, 2.75) is 80.3 Å². The number of carbonyl (C=O) groups excluding carboxylic acids is 2. The molecule has 224 valence electrons. The first kappa shape index (κ1) is 31.0. The Labute approximate surface area is 235 Å². The molecule has 0 bridgehead atoms. The smallest absolute Gasteiger partial charge is 0.430 e. The quantitative estimate of drug-likeness (QED) is 0.274. The zero-order valence-corrected chi connectivity index (χ0v) is 23.0. The molecule has 4 rings (SSSR count). The van der Waals surface area contributed by atoms with Gasteiger partial charge in [-0.15, -0.1) is 11.8 Å². The van der Waals surface area contributed by atoms with Gasteiger partial charge in [-0.2, -0.15) is 26.3 Å². The van der Waals surface area contributed by atoms with Gasteiger partial charge in [0.25, 0.3) is 11.5 Å². The fourth-order valence-electron chi connectivity index (χ4n) is 4.29. The van der Waals surface area contributed by atoms with Crippen LogP contribution in [0.25, 0.3) is 0 Å². The number of carbonyl (C=O) groups is 2. The first-order valence-corrected chi connectivity index (χ1v) is 13.5. The van der Waals surface area contributed by atoms with Gasteiger partial charge in [-0.3, -0.25) is 9.69 Å². The van der Waals surface area contributed by atoms with Crippen LogP contribution >= 0.6 is 11.8 Å². The minimum Gasteiger partial charge on any atom is -0.444 e. The second kappa shape index (κ2) is 10.4. The molecular formula is C27H28F6N2O5S. The van der Waals surface area contributed by atoms with Crippen LogP contribution in [0.4, 0.5) is 36.8 Å². The van der Waals surface area contributed by atoms with Crippen LogP contribution in [0.5, 0.6) is 0 Å². The fraction of sp³-hybridized carbons (Fsp3) is 0.481. The van der Waals surface area contributed by atoms with Gasteiger partial charge in [0.2, 0.25) is 0 Å². The molecule has 0 radical (unpaired) electrons. The van der Waals surface area contributed by atoms with E-state index in [1.165, 1.54) is 16.7 Å². The maximum absolute atomic E-state index is 13.4. The number of nitrogens with zero attached hydrogens (tertiary/aromatic N) is 1. The monoisotopic (exact) mass is 606 g/mol. The number of hydrogen-bond acceptors (Lipinski definition) is 6. The third-order valence-electron chi connectivity index (χ3n) is 6.66. The molecule has 14 heteroatoms. The predicted octanol–water partition coefficient (Wildman–Crippen LogP) is 6.05. The number of thioether (sulfide) groups is 1. The van der Waals surface area contributed by atoms with E-state index < -0.39 is 52.8 Å². The van der Waals surface area contributed by atoms with Gasteiger partial charge < -0.3 is 20.3 Å². The lowest BCUT2D eigenvalue weighted by Gasteiger charge is -2.32. The van der Waals surface area contributed by atoms with Crippen molar-refractivity contribution >= 4 is 29.4 Å². The minimum absolute atomic E-state index is 0.00410. The van der Waals surface area contributed by atoms with Crippen LogP contribution in [0.3, 0.4) is 0 Å². The van der Waals surface area contributed by atoms with Crippen LogP contribution < -0.4 is 5.32 Å². The standard InChI is InChI=1S/C27H28F6N2O5S/c1-23(2,3)40-22(37)35-13-15-12-18(41-14-24(38)10-11-24)8-9-19(15)20(35)21(36)34-17-6-4-16(5-7-17)25(39,26(28,29)30)27(31,32)33/h4-9,12,20,38-39H,10-11,13-14H2,1-3H3,(H,34,36). The maximum atomic E-state index is 13.4. The van der Waals surface area contributed by atoms with Gasteiger partial charge in [-0.25, -0.2) is 4.79 Å². The van der Waals surface area contributed by atoms with E-state index in [0.717, 1.165) is 17.0 Å². The number of fused-ring (bicyclic) bond motifs is 1. The number of amides is 2. The molecule has 1 saturated carbocycles. The number of aliphatic hydroxyl groups is 2. The van der Waals surface area contributed by atoms with Crippen molar-refractivity contribution in [1.82, 2.24) is 4.90 Å². The lowest BCUT2D eigenvalue weighted by atomic mass is 9.92. The molecule has 7 nitrogen and oxygen atoms in total. The van der Waals surface area contributed by atoms with Gasteiger partial charge in [0.1, 0.15) is 11.6 Å². The Balaban J connectivity index is 1.59. The molecule has 1 atom stereocenters. The van der Waals surface area contributed by atoms with Gasteiger partial charge in [-0.05, 0) is 69.0 Å². The number of halogens is 6. The number of rotatable bonds is 6. The summed E-state index contributed by atoms with van der Waals surface area (Å²) in [6, 6.07) is 6.40. The van der Waals surface area contributed by atoms with Gasteiger partial charge in [0.05, 0.1) is 12.1 Å². The van der Waals surface area contributed by atoms with Crippen molar-refractivity contribution in [3.63, 3.8) is 0 Å². The highest BCUT2D eigenvalue weighted by atomic mass is 32.2. The summed E-state index contributed by atoms with van der Waals surface area (Å²) in [6.07, 6.45) is -11.5. The third-order valence-corrected chi connectivity index (χ3v) is 7.93. The highest BCUT2D eigenvalue weighted by molar-refractivity contribution is 7.99. The number of anilines is 1. The Morgan fingerprint density at radius 2 is 1.61 bits per heavy atom. The molecule has 2 aliphatic rings. The lowest BCUT2D eigenvalue weighted by Crippen LogP contribution is -2.53. The van der Waals surface area contributed by atoms with Gasteiger partial charge >= 0.3 is 18.4 Å². The van der Waals surface area contributed by atoms with E-state index in [0.29, 0.717) is 41.9 Å². The third kappa shape index (κ3) is 6.44. The zero-order chi connectivity index (χ0) is 30.6. The Hall–Kier alpha value is -2.97. The zero-order valence-electron chi connectivity index (χ0n) is 22.2. The van der Waals surface area contributed by atoms with Crippen molar-refractivity contribution < 1.29 is 50.9 Å². The van der Waals surface area contributed by atoms with E-state index in [1.807, 2.05) is 0 Å². The van der Waals surface area contributed by atoms with Crippen LogP contribution in [0, 0.1) is 0 Å². The van der Waals surface area contributed by atoms with E-state index in [4.69, 9.17) is 4.74 Å². The molecule has 1 aliphatic heterocycles. The van der Waals surface area contributed by atoms with Gasteiger partial charge in [-0.1, -0.05) is 18.2 Å². The molecule has 0 spiro atoms. The molecule has 1 aliphatic carbocycles. The highest BCUT2D eigenvalue weighted by Crippen LogP contribution is 2.50. The van der Waals surface area contributed by atoms with Crippen LogP contribution in [0.1, 0.15) is 56.3 Å². The fourth-order valence-corrected chi connectivity index (χ4v) is 5.41. The number of benzene rings is 2. The molecule has 2 aromatic carbocycles. The maximum Gasteiger partial charge on any atom is 0.430 e. The second-order valence-corrected chi connectivity index (χ2v) is 12.2. The first-order chi connectivity index (χ1) is 18.7. The second-order valence-electron chi connectivity index (χ2n) is 11.2. The van der Waals surface area contributed by atoms with Crippen LogP contribution in [-0.4, -0.2) is 56.4 Å². The number of alkyl halides is 6. The van der Waals surface area contributed by atoms with Crippen LogP contribution in [-0.2, 0) is 21.7 Å². The molecule has 2 amide bonds. The lowest BCUT2D eigenvalue weighted by molar-refractivity contribution is -0.376. The average molecular weight is 607 g/mol. The molecule has 1 heterocycles. The summed E-state index contributed by atoms with van der Waals surface area (Å²) >= 11 is 1.43. The van der Waals surface area contributed by atoms with Crippen molar-refractivity contribution in [3.8, 4) is 0 Å². The molecule has 0 aromatic heterocycles. The van der Waals surface area contributed by atoms with E-state index >= 15 is 0 Å². The Bertz CT molecular complexity index is 1310. The Morgan fingerprint density at radius 1 is 1.02 bits per heavy atom. The van der Waals surface area contributed by atoms with Crippen molar-refractivity contribution in [1.29, 1.82) is 0 Å². The number of ether oxygens (including phenoxy) is 1. The van der Waals surface area contributed by atoms with E-state index in [2.05, 4.69) is 5.32 Å². The average Bonchev–Trinajstić information content (AvgIpc) is 3.45. The summed E-state index contributed by atoms with van der Waals surface area (Å²) in [5, 5.41) is 22.2. The first-order valence-electron chi connectivity index (χ1n) is 12.5. The molecule has 1 fully saturated rings.